The molecular weight excluding hydrogens is 436 g/mol. The Balaban J connectivity index is 0. The average molecular weight is 455 g/mol. The lowest BCUT2D eigenvalue weighted by atomic mass is 10.2. The highest BCUT2D eigenvalue weighted by atomic mass is 19.3. The second-order valence-electron chi connectivity index (χ2n) is 6.08. The number of nitrogens with one attached hydrogen (secondary N) is 1. The molecule has 0 atom stereocenters. The van der Waals surface area contributed by atoms with Crippen LogP contribution in [0.1, 0.15) is 6.42 Å². The minimum absolute atomic E-state index is 0.0937. The summed E-state index contributed by atoms with van der Waals surface area (Å²) in [4.78, 5) is 18.2. The molecule has 0 saturated carbocycles. The van der Waals surface area contributed by atoms with E-state index in [-0.39, 0.29) is 17.6 Å². The van der Waals surface area contributed by atoms with Crippen LogP contribution in [0.2, 0.25) is 0 Å². The number of alkyl halides is 9. The van der Waals surface area contributed by atoms with Gasteiger partial charge in [0.2, 0.25) is 0 Å². The Bertz CT molecular complexity index is 520. The highest BCUT2D eigenvalue weighted by Gasteiger charge is 2.67. The molecule has 0 aromatic rings. The van der Waals surface area contributed by atoms with Crippen LogP contribution in [-0.2, 0) is 4.79 Å². The number of rotatable bonds is 11. The Hall–Kier alpha value is -1.84. The van der Waals surface area contributed by atoms with Crippen molar-refractivity contribution in [3.63, 3.8) is 0 Å². The summed E-state index contributed by atoms with van der Waals surface area (Å²) in [5, 5.41) is 12.3. The lowest BCUT2D eigenvalue weighted by Gasteiger charge is -2.32. The van der Waals surface area contributed by atoms with Gasteiger partial charge in [0.15, 0.2) is 6.80 Å². The zero-order valence-corrected chi connectivity index (χ0v) is 15.1. The minimum Gasteiger partial charge on any atom is -0.544 e. The molecule has 0 spiro atoms. The maximum absolute atomic E-state index is 12.3. The van der Waals surface area contributed by atoms with Gasteiger partial charge >= 0.3 is 31.1 Å². The van der Waals surface area contributed by atoms with Crippen LogP contribution in [0, 0.1) is 0 Å². The number of nitrogens with zero attached hydrogens (tertiary/aromatic N) is 2. The molecule has 0 saturated heterocycles. The van der Waals surface area contributed by atoms with Crippen LogP contribution in [0.15, 0.2) is 0 Å². The van der Waals surface area contributed by atoms with Gasteiger partial charge in [0.1, 0.15) is 6.54 Å². The molecule has 1 amide bonds. The summed E-state index contributed by atoms with van der Waals surface area (Å²) < 4.78 is 118. The third-order valence-corrected chi connectivity index (χ3v) is 3.16. The van der Waals surface area contributed by atoms with Crippen LogP contribution < -0.4 is 10.4 Å². The van der Waals surface area contributed by atoms with Crippen molar-refractivity contribution in [3.05, 3.63) is 0 Å². The Morgan fingerprint density at radius 2 is 1.59 bits per heavy atom. The number of aliphatic carboxylic acids is 1. The molecule has 0 rings (SSSR count). The summed E-state index contributed by atoms with van der Waals surface area (Å²) in [7, 11) is 3.46. The van der Waals surface area contributed by atoms with Crippen molar-refractivity contribution in [3.8, 4) is 0 Å². The van der Waals surface area contributed by atoms with Gasteiger partial charge in [0.05, 0.1) is 26.6 Å². The lowest BCUT2D eigenvalue weighted by Crippen LogP contribution is -2.59. The van der Waals surface area contributed by atoms with Gasteiger partial charge in [-0.2, -0.15) is 31.2 Å². The number of carboxylic acid groups (broad SMARTS) is 1. The molecule has 0 unspecified atom stereocenters. The van der Waals surface area contributed by atoms with E-state index in [9.17, 15) is 58.6 Å². The van der Waals surface area contributed by atoms with Crippen molar-refractivity contribution in [1.29, 1.82) is 0 Å². The van der Waals surface area contributed by atoms with E-state index in [0.29, 0.717) is 13.0 Å². The van der Waals surface area contributed by atoms with E-state index >= 15 is 0 Å². The maximum atomic E-state index is 12.3. The minimum atomic E-state index is -6.06. The molecule has 0 aromatic carbocycles. The number of halogens is 10. The molecule has 6 nitrogen and oxygen atoms in total. The SMILES string of the molecule is C[N+](C)(CCCNC(=O)F)CC(=O)[O-].FCN(C(F)F)C(F)(F)C(F)(F)C(F)F. The first-order chi connectivity index (χ1) is 12.9. The van der Waals surface area contributed by atoms with Crippen molar-refractivity contribution >= 4 is 12.1 Å². The fourth-order valence-corrected chi connectivity index (χ4v) is 1.69. The van der Waals surface area contributed by atoms with Gasteiger partial charge in [-0.3, -0.25) is 0 Å². The van der Waals surface area contributed by atoms with Crippen molar-refractivity contribution in [2.45, 2.75) is 31.4 Å². The first-order valence-electron chi connectivity index (χ1n) is 7.52. The highest BCUT2D eigenvalue weighted by molar-refractivity contribution is 5.65. The zero-order valence-electron chi connectivity index (χ0n) is 15.1. The van der Waals surface area contributed by atoms with Crippen molar-refractivity contribution in [2.24, 2.45) is 0 Å². The van der Waals surface area contributed by atoms with Gasteiger partial charge in [0.25, 0.3) is 0 Å². The van der Waals surface area contributed by atoms with E-state index in [4.69, 9.17) is 0 Å². The summed E-state index contributed by atoms with van der Waals surface area (Å²) in [5.74, 6) is -7.18. The number of hydrogen-bond donors (Lipinski definition) is 1. The van der Waals surface area contributed by atoms with E-state index in [0.717, 1.165) is 0 Å². The number of likely N-dealkylation sites (N-methyl/N-ethyl adjacent to an activating group) is 1. The predicted molar refractivity (Wildman–Crippen MR) is 75.7 cm³/mol. The number of carboxylic acids is 1. The quantitative estimate of drug-likeness (QED) is 0.170. The fourth-order valence-electron chi connectivity index (χ4n) is 1.69. The van der Waals surface area contributed by atoms with Gasteiger partial charge in [-0.15, -0.1) is 4.39 Å². The molecule has 16 heteroatoms. The average Bonchev–Trinajstić information content (AvgIpc) is 2.50. The van der Waals surface area contributed by atoms with E-state index < -0.39 is 48.8 Å². The smallest absolute Gasteiger partial charge is 0.397 e. The van der Waals surface area contributed by atoms with Crippen LogP contribution in [-0.4, -0.2) is 87.0 Å². The van der Waals surface area contributed by atoms with E-state index in [1.807, 2.05) is 5.32 Å². The van der Waals surface area contributed by atoms with Gasteiger partial charge in [0, 0.05) is 13.0 Å². The second kappa shape index (κ2) is 12.0. The first-order valence-corrected chi connectivity index (χ1v) is 7.52. The molecule has 0 aromatic heterocycles. The van der Waals surface area contributed by atoms with Crippen LogP contribution in [0.4, 0.5) is 48.7 Å². The van der Waals surface area contributed by atoms with Crippen molar-refractivity contribution in [1.82, 2.24) is 10.2 Å². The standard InChI is InChI=1S/C8H15FN2O3.C5H4F9N/c1-11(2,6-7(12)13)5-3-4-10-8(9)14;6-1-15(3(9)10)5(13,14)4(11,12)2(7)8/h3-6H2,1-2H3,(H-,10,12,13,14);2-3H,1H2. The molecule has 0 aliphatic heterocycles. The van der Waals surface area contributed by atoms with Gasteiger partial charge in [-0.1, -0.05) is 0 Å². The summed E-state index contributed by atoms with van der Waals surface area (Å²) in [6.45, 7) is -6.36. The third-order valence-electron chi connectivity index (χ3n) is 3.16. The summed E-state index contributed by atoms with van der Waals surface area (Å²) >= 11 is 0. The van der Waals surface area contributed by atoms with Crippen LogP contribution >= 0.6 is 0 Å². The number of hydrogen-bond acceptors (Lipinski definition) is 4. The molecule has 1 N–H and O–H groups in total. The Morgan fingerprint density at radius 3 is 1.90 bits per heavy atom. The largest absolute Gasteiger partial charge is 0.544 e. The molecule has 0 aliphatic rings. The van der Waals surface area contributed by atoms with Crippen LogP contribution in [0.5, 0.6) is 0 Å². The number of carbonyl (C=O) groups excluding carboxylic acids is 2. The van der Waals surface area contributed by atoms with Gasteiger partial charge < -0.3 is 19.7 Å². The molecule has 174 valence electrons. The first kappa shape index (κ1) is 29.4. The van der Waals surface area contributed by atoms with Gasteiger partial charge in [-0.25, -0.2) is 18.0 Å². The Labute approximate surface area is 158 Å². The topological polar surface area (TPSA) is 72.5 Å². The van der Waals surface area contributed by atoms with Crippen LogP contribution in [0.25, 0.3) is 0 Å². The van der Waals surface area contributed by atoms with E-state index in [2.05, 4.69) is 0 Å². The van der Waals surface area contributed by atoms with E-state index in [1.54, 1.807) is 14.1 Å². The molecule has 29 heavy (non-hydrogen) atoms. The summed E-state index contributed by atoms with van der Waals surface area (Å²) in [5.41, 5.74) is 0. The second-order valence-corrected chi connectivity index (χ2v) is 6.08. The molecule has 0 heterocycles. The van der Waals surface area contributed by atoms with E-state index in [1.165, 1.54) is 0 Å². The zero-order chi connectivity index (χ0) is 23.6. The number of carbonyl (C=O) groups is 2. The van der Waals surface area contributed by atoms with Crippen LogP contribution in [0.3, 0.4) is 0 Å². The molecule has 0 bridgehead atoms. The molecule has 0 radical (unpaired) electrons. The Kier molecular flexibility index (Phi) is 12.1. The summed E-state index contributed by atoms with van der Waals surface area (Å²) in [6, 6.07) is -5.97. The Morgan fingerprint density at radius 1 is 1.10 bits per heavy atom. The number of amides is 1. The highest BCUT2D eigenvalue weighted by Crippen LogP contribution is 2.42. The monoisotopic (exact) mass is 455 g/mol. The number of quaternary nitrogens is 1. The molecular formula is C13H19F10N3O3. The molecule has 0 fully saturated rings. The van der Waals surface area contributed by atoms with Crippen molar-refractivity contribution < 1.29 is 63.1 Å². The maximum Gasteiger partial charge on any atom is 0.397 e. The normalized spacial score (nSPS) is 12.8. The fraction of sp³-hybridized carbons (Fsp3) is 0.846. The predicted octanol–water partition coefficient (Wildman–Crippen LogP) is 1.81. The third kappa shape index (κ3) is 10.5. The summed E-state index contributed by atoms with van der Waals surface area (Å²) in [6.07, 6.45) is -5.92. The molecule has 0 aliphatic carbocycles. The lowest BCUT2D eigenvalue weighted by molar-refractivity contribution is -0.884. The van der Waals surface area contributed by atoms with Crippen molar-refractivity contribution in [2.75, 3.05) is 40.5 Å². The van der Waals surface area contributed by atoms with Gasteiger partial charge in [-0.05, 0) is 0 Å².